The Balaban J connectivity index is 1.88. The number of ether oxygens (including phenoxy) is 2. The Labute approximate surface area is 212 Å². The second-order valence-electron chi connectivity index (χ2n) is 10.5. The molecule has 0 radical (unpaired) electrons. The number of rotatable bonds is 11. The molecule has 2 heterocycles. The number of amides is 1. The molecule has 0 aromatic carbocycles. The maximum absolute atomic E-state index is 13.3. The van der Waals surface area contributed by atoms with E-state index in [0.29, 0.717) is 26.3 Å². The fourth-order valence-electron chi connectivity index (χ4n) is 5.68. The zero-order valence-corrected chi connectivity index (χ0v) is 22.3. The van der Waals surface area contributed by atoms with Gasteiger partial charge in [0.25, 0.3) is 0 Å². The van der Waals surface area contributed by atoms with Gasteiger partial charge in [0.2, 0.25) is 5.91 Å². The van der Waals surface area contributed by atoms with E-state index >= 15 is 0 Å². The van der Waals surface area contributed by atoms with Crippen LogP contribution in [-0.4, -0.2) is 92.8 Å². The zero-order chi connectivity index (χ0) is 26.5. The van der Waals surface area contributed by atoms with Crippen LogP contribution in [-0.2, 0) is 33.9 Å². The third-order valence-electron chi connectivity index (χ3n) is 7.79. The van der Waals surface area contributed by atoms with Gasteiger partial charge in [-0.15, -0.1) is 0 Å². The lowest BCUT2D eigenvalue weighted by Gasteiger charge is -2.40. The summed E-state index contributed by atoms with van der Waals surface area (Å²) in [5, 5.41) is 8.07. The topological polar surface area (TPSA) is 71.9 Å². The van der Waals surface area contributed by atoms with Crippen LogP contribution in [0.2, 0.25) is 0 Å². The van der Waals surface area contributed by atoms with Crippen molar-refractivity contribution in [2.45, 2.75) is 64.3 Å². The number of fused-ring (bicyclic) bond motifs is 1. The van der Waals surface area contributed by atoms with E-state index < -0.39 is 18.0 Å². The molecule has 1 atom stereocenters. The predicted molar refractivity (Wildman–Crippen MR) is 131 cm³/mol. The molecule has 11 heteroatoms. The number of aromatic nitrogens is 2. The van der Waals surface area contributed by atoms with Gasteiger partial charge in [-0.3, -0.25) is 14.4 Å². The van der Waals surface area contributed by atoms with Gasteiger partial charge < -0.3 is 19.7 Å². The van der Waals surface area contributed by atoms with E-state index in [-0.39, 0.29) is 24.4 Å². The molecule has 1 unspecified atom stereocenters. The molecule has 1 aliphatic carbocycles. The van der Waals surface area contributed by atoms with Crippen molar-refractivity contribution in [2.24, 2.45) is 11.3 Å². The lowest BCUT2D eigenvalue weighted by Crippen LogP contribution is -2.45. The number of nitrogens with one attached hydrogen (secondary N) is 1. The largest absolute Gasteiger partial charge is 0.400 e. The maximum Gasteiger partial charge on any atom is 0.400 e. The van der Waals surface area contributed by atoms with E-state index in [1.54, 1.807) is 14.2 Å². The van der Waals surface area contributed by atoms with Crippen LogP contribution in [0.25, 0.3) is 0 Å². The minimum Gasteiger partial charge on any atom is -0.384 e. The first kappa shape index (κ1) is 28.9. The number of alkyl halides is 3. The number of methoxy groups -OCH3 is 2. The van der Waals surface area contributed by atoms with E-state index in [1.807, 2.05) is 18.8 Å². The Hall–Kier alpha value is -1.69. The number of nitrogens with zero attached hydrogens (tertiary/aromatic N) is 4. The zero-order valence-electron chi connectivity index (χ0n) is 22.3. The highest BCUT2D eigenvalue weighted by Gasteiger charge is 2.44. The summed E-state index contributed by atoms with van der Waals surface area (Å²) in [7, 11) is 7.38. The predicted octanol–water partition coefficient (Wildman–Crippen LogP) is 3.01. The van der Waals surface area contributed by atoms with E-state index in [2.05, 4.69) is 10.2 Å². The second kappa shape index (κ2) is 12.2. The monoisotopic (exact) mass is 517 g/mol. The van der Waals surface area contributed by atoms with Crippen molar-refractivity contribution >= 4 is 5.91 Å². The smallest absolute Gasteiger partial charge is 0.384 e. The fourth-order valence-corrected chi connectivity index (χ4v) is 5.68. The summed E-state index contributed by atoms with van der Waals surface area (Å²) in [6, 6.07) is 0. The van der Waals surface area contributed by atoms with Gasteiger partial charge in [-0.1, -0.05) is 0 Å². The van der Waals surface area contributed by atoms with Gasteiger partial charge in [-0.25, -0.2) is 0 Å². The van der Waals surface area contributed by atoms with Gasteiger partial charge >= 0.3 is 6.18 Å². The number of hydrogen-bond donors (Lipinski definition) is 1. The Morgan fingerprint density at radius 1 is 1.22 bits per heavy atom. The van der Waals surface area contributed by atoms with Gasteiger partial charge in [-0.05, 0) is 52.6 Å². The number of hydrogen-bond acceptors (Lipinski definition) is 6. The normalized spacial score (nSPS) is 19.5. The summed E-state index contributed by atoms with van der Waals surface area (Å²) < 4.78 is 52.8. The highest BCUT2D eigenvalue weighted by Crippen LogP contribution is 2.46. The molecule has 3 rings (SSSR count). The Morgan fingerprint density at radius 2 is 1.86 bits per heavy atom. The summed E-state index contributed by atoms with van der Waals surface area (Å²) in [6.45, 7) is 5.37. The van der Waals surface area contributed by atoms with Crippen LogP contribution in [0.1, 0.15) is 55.5 Å². The average Bonchev–Trinajstić information content (AvgIpc) is 3.19. The highest BCUT2D eigenvalue weighted by molar-refractivity contribution is 5.79. The van der Waals surface area contributed by atoms with Gasteiger partial charge in [0, 0.05) is 51.4 Å². The van der Waals surface area contributed by atoms with E-state index in [0.717, 1.165) is 62.6 Å². The average molecular weight is 518 g/mol. The quantitative estimate of drug-likeness (QED) is 0.487. The Bertz CT molecular complexity index is 860. The van der Waals surface area contributed by atoms with Crippen LogP contribution >= 0.6 is 0 Å². The van der Waals surface area contributed by atoms with Crippen molar-refractivity contribution in [1.82, 2.24) is 24.9 Å². The summed E-state index contributed by atoms with van der Waals surface area (Å²) in [6.07, 6.45) is -0.829. The number of carbonyl (C=O) groups excluding carboxylic acids is 1. The minimum atomic E-state index is -4.55. The summed E-state index contributed by atoms with van der Waals surface area (Å²) in [5.41, 5.74) is 2.95. The molecule has 1 amide bonds. The third-order valence-corrected chi connectivity index (χ3v) is 7.79. The van der Waals surface area contributed by atoms with Crippen LogP contribution in [0.15, 0.2) is 0 Å². The molecule has 8 nitrogen and oxygen atoms in total. The highest BCUT2D eigenvalue weighted by atomic mass is 19.4. The van der Waals surface area contributed by atoms with Crippen LogP contribution in [0, 0.1) is 11.3 Å². The molecule has 0 spiro atoms. The van der Waals surface area contributed by atoms with Gasteiger partial charge in [0.1, 0.15) is 5.92 Å². The van der Waals surface area contributed by atoms with E-state index in [9.17, 15) is 18.0 Å². The second-order valence-corrected chi connectivity index (χ2v) is 10.5. The molecule has 1 saturated carbocycles. The maximum atomic E-state index is 13.3. The van der Waals surface area contributed by atoms with Crippen LogP contribution in [0.5, 0.6) is 0 Å². The van der Waals surface area contributed by atoms with Gasteiger partial charge in [0.05, 0.1) is 37.7 Å². The molecule has 0 saturated heterocycles. The van der Waals surface area contributed by atoms with Crippen molar-refractivity contribution in [3.63, 3.8) is 0 Å². The van der Waals surface area contributed by atoms with Crippen LogP contribution < -0.4 is 5.32 Å². The standard InChI is InChI=1S/C25H42F3N5O3/c1-18(25(26,27)28)23(34)32-12-13-33-21(15-32)22(20(30-33)14-31(3)11-10-29-2)19-6-8-24(9-7-19,16-35-4)17-36-5/h18-19,29H,6-17H2,1-5H3. The van der Waals surface area contributed by atoms with Gasteiger partial charge in [0.15, 0.2) is 0 Å². The van der Waals surface area contributed by atoms with Crippen molar-refractivity contribution in [3.8, 4) is 0 Å². The molecule has 206 valence electrons. The molecule has 1 aromatic heterocycles. The molecule has 36 heavy (non-hydrogen) atoms. The first-order valence-electron chi connectivity index (χ1n) is 12.8. The van der Waals surface area contributed by atoms with Crippen molar-refractivity contribution < 1.29 is 27.4 Å². The molecule has 1 aromatic rings. The summed E-state index contributed by atoms with van der Waals surface area (Å²) in [4.78, 5) is 16.3. The molecule has 1 aliphatic heterocycles. The Kier molecular flexibility index (Phi) is 9.81. The van der Waals surface area contributed by atoms with E-state index in [1.165, 1.54) is 4.90 Å². The number of likely N-dealkylation sites (N-methyl/N-ethyl adjacent to an activating group) is 2. The van der Waals surface area contributed by atoms with Gasteiger partial charge in [-0.2, -0.15) is 18.3 Å². The SMILES string of the molecule is CNCCN(C)Cc1nn2c(c1C1CCC(COC)(COC)CC1)CN(C(=O)C(C)C(F)(F)F)CC2. The lowest BCUT2D eigenvalue weighted by molar-refractivity contribution is -0.186. The van der Waals surface area contributed by atoms with Crippen LogP contribution in [0.3, 0.4) is 0 Å². The van der Waals surface area contributed by atoms with Crippen molar-refractivity contribution in [2.75, 3.05) is 61.2 Å². The number of halogens is 3. The molecule has 1 N–H and O–H groups in total. The molecule has 2 aliphatic rings. The van der Waals surface area contributed by atoms with Crippen molar-refractivity contribution in [3.05, 3.63) is 17.0 Å². The van der Waals surface area contributed by atoms with Crippen molar-refractivity contribution in [1.29, 1.82) is 0 Å². The minimum absolute atomic E-state index is 0.0267. The molecular weight excluding hydrogens is 475 g/mol. The van der Waals surface area contributed by atoms with E-state index in [4.69, 9.17) is 14.6 Å². The number of carbonyl (C=O) groups is 1. The summed E-state index contributed by atoms with van der Waals surface area (Å²) >= 11 is 0. The molecular formula is C25H42F3N5O3. The molecule has 0 bridgehead atoms. The van der Waals surface area contributed by atoms with Crippen LogP contribution in [0.4, 0.5) is 13.2 Å². The third kappa shape index (κ3) is 6.59. The molecule has 1 fully saturated rings. The first-order valence-corrected chi connectivity index (χ1v) is 12.8. The summed E-state index contributed by atoms with van der Waals surface area (Å²) in [5.74, 6) is -2.64. The Morgan fingerprint density at radius 3 is 2.42 bits per heavy atom. The fraction of sp³-hybridized carbons (Fsp3) is 0.840. The first-order chi connectivity index (χ1) is 17.0. The lowest BCUT2D eigenvalue weighted by atomic mass is 9.69.